The van der Waals surface area contributed by atoms with Crippen LogP contribution in [0.25, 0.3) is 11.1 Å². The maximum Gasteiger partial charge on any atom is 0.323 e. The lowest BCUT2D eigenvalue weighted by molar-refractivity contribution is -0.134. The first kappa shape index (κ1) is 32.9. The Morgan fingerprint density at radius 1 is 0.917 bits per heavy atom. The zero-order chi connectivity index (χ0) is 33.6. The zero-order valence-corrected chi connectivity index (χ0v) is 27.5. The molecule has 2 heterocycles. The van der Waals surface area contributed by atoms with Gasteiger partial charge in [-0.05, 0) is 61.0 Å². The van der Waals surface area contributed by atoms with Gasteiger partial charge in [0.15, 0.2) is 11.5 Å². The van der Waals surface area contributed by atoms with Crippen LogP contribution in [-0.2, 0) is 17.8 Å². The van der Waals surface area contributed by atoms with Gasteiger partial charge in [-0.25, -0.2) is 4.79 Å². The smallest absolute Gasteiger partial charge is 0.323 e. The highest BCUT2D eigenvalue weighted by molar-refractivity contribution is 6.00. The molecule has 4 aromatic rings. The second-order valence-corrected chi connectivity index (χ2v) is 12.6. The van der Waals surface area contributed by atoms with E-state index in [4.69, 9.17) is 14.2 Å². The van der Waals surface area contributed by atoms with Gasteiger partial charge in [-0.15, -0.1) is 0 Å². The van der Waals surface area contributed by atoms with Crippen molar-refractivity contribution in [2.45, 2.75) is 39.0 Å². The molecule has 0 fully saturated rings. The molecule has 3 amide bonds. The van der Waals surface area contributed by atoms with E-state index in [2.05, 4.69) is 65.9 Å². The third kappa shape index (κ3) is 7.90. The molecule has 10 heteroatoms. The summed E-state index contributed by atoms with van der Waals surface area (Å²) in [6.45, 7) is 5.73. The minimum absolute atomic E-state index is 0.0258. The van der Waals surface area contributed by atoms with Gasteiger partial charge in [0.05, 0.1) is 19.1 Å². The van der Waals surface area contributed by atoms with Crippen molar-refractivity contribution in [3.63, 3.8) is 0 Å². The molecular formula is C38H42N4O6. The van der Waals surface area contributed by atoms with Crippen molar-refractivity contribution in [3.8, 4) is 28.4 Å². The van der Waals surface area contributed by atoms with Crippen molar-refractivity contribution >= 4 is 23.3 Å². The van der Waals surface area contributed by atoms with Gasteiger partial charge in [-0.2, -0.15) is 0 Å². The molecule has 0 bridgehead atoms. The van der Waals surface area contributed by atoms with Crippen molar-refractivity contribution in [1.82, 2.24) is 9.80 Å². The Kier molecular flexibility index (Phi) is 10.1. The van der Waals surface area contributed by atoms with E-state index in [1.807, 2.05) is 31.2 Å². The lowest BCUT2D eigenvalue weighted by atomic mass is 10.0. The molecule has 0 aliphatic carbocycles. The minimum Gasteiger partial charge on any atom is -0.488 e. The van der Waals surface area contributed by atoms with E-state index >= 15 is 0 Å². The van der Waals surface area contributed by atoms with Gasteiger partial charge in [0.2, 0.25) is 12.7 Å². The quantitative estimate of drug-likeness (QED) is 0.204. The molecule has 4 aromatic carbocycles. The van der Waals surface area contributed by atoms with Gasteiger partial charge >= 0.3 is 6.03 Å². The van der Waals surface area contributed by atoms with Gasteiger partial charge in [0.25, 0.3) is 0 Å². The number of carbonyl (C=O) groups is 2. The first-order valence-corrected chi connectivity index (χ1v) is 16.3. The Bertz CT molecular complexity index is 1730. The van der Waals surface area contributed by atoms with E-state index in [0.29, 0.717) is 47.3 Å². The van der Waals surface area contributed by atoms with Gasteiger partial charge < -0.3 is 34.9 Å². The van der Waals surface area contributed by atoms with Crippen LogP contribution in [0, 0.1) is 5.92 Å². The Hall–Kier alpha value is -5.06. The summed E-state index contributed by atoms with van der Waals surface area (Å²) in [5.74, 6) is 1.66. The monoisotopic (exact) mass is 650 g/mol. The lowest BCUT2D eigenvalue weighted by Crippen LogP contribution is -2.47. The van der Waals surface area contributed by atoms with E-state index in [1.54, 1.807) is 35.2 Å². The third-order valence-corrected chi connectivity index (χ3v) is 8.81. The SMILES string of the molecule is C[C@H]1CN([C@@H](C)CO)C(=O)Cc2cc(NC(=O)Nc3ccc4c(c3)OCO4)ccc2O[C@H]1CN(C)Cc1ccc(-c2ccccc2)cc1. The number of aliphatic hydroxyl groups is 1. The molecule has 250 valence electrons. The number of urea groups is 1. The second-order valence-electron chi connectivity index (χ2n) is 12.6. The number of benzene rings is 4. The largest absolute Gasteiger partial charge is 0.488 e. The summed E-state index contributed by atoms with van der Waals surface area (Å²) in [5, 5.41) is 15.7. The maximum absolute atomic E-state index is 13.6. The van der Waals surface area contributed by atoms with Crippen LogP contribution < -0.4 is 24.8 Å². The van der Waals surface area contributed by atoms with Crippen molar-refractivity contribution in [2.75, 3.05) is 44.2 Å². The van der Waals surface area contributed by atoms with Crippen LogP contribution in [0.3, 0.4) is 0 Å². The van der Waals surface area contributed by atoms with Crippen molar-refractivity contribution < 1.29 is 28.9 Å². The molecule has 0 radical (unpaired) electrons. The van der Waals surface area contributed by atoms with Crippen LogP contribution >= 0.6 is 0 Å². The highest BCUT2D eigenvalue weighted by atomic mass is 16.7. The summed E-state index contributed by atoms with van der Waals surface area (Å²) in [7, 11) is 2.07. The predicted molar refractivity (Wildman–Crippen MR) is 185 cm³/mol. The summed E-state index contributed by atoms with van der Waals surface area (Å²) in [5.41, 5.74) is 5.28. The van der Waals surface area contributed by atoms with Crippen LogP contribution in [0.4, 0.5) is 16.2 Å². The van der Waals surface area contributed by atoms with E-state index < -0.39 is 6.03 Å². The molecule has 2 aliphatic rings. The zero-order valence-electron chi connectivity index (χ0n) is 27.5. The molecular weight excluding hydrogens is 608 g/mol. The van der Waals surface area contributed by atoms with Crippen LogP contribution in [0.2, 0.25) is 0 Å². The number of rotatable bonds is 9. The number of carbonyl (C=O) groups excluding carboxylic acids is 2. The first-order chi connectivity index (χ1) is 23.2. The highest BCUT2D eigenvalue weighted by Gasteiger charge is 2.31. The lowest BCUT2D eigenvalue weighted by Gasteiger charge is -2.34. The molecule has 3 atom stereocenters. The topological polar surface area (TPSA) is 113 Å². The molecule has 0 unspecified atom stereocenters. The summed E-state index contributed by atoms with van der Waals surface area (Å²) >= 11 is 0. The maximum atomic E-state index is 13.6. The number of hydrogen-bond acceptors (Lipinski definition) is 7. The van der Waals surface area contributed by atoms with Crippen LogP contribution in [0.15, 0.2) is 91.0 Å². The van der Waals surface area contributed by atoms with Gasteiger partial charge in [0, 0.05) is 48.6 Å². The predicted octanol–water partition coefficient (Wildman–Crippen LogP) is 6.01. The van der Waals surface area contributed by atoms with Crippen molar-refractivity contribution in [3.05, 3.63) is 102 Å². The molecule has 10 nitrogen and oxygen atoms in total. The van der Waals surface area contributed by atoms with Gasteiger partial charge in [0.1, 0.15) is 11.9 Å². The Labute approximate surface area is 281 Å². The highest BCUT2D eigenvalue weighted by Crippen LogP contribution is 2.34. The number of hydrogen-bond donors (Lipinski definition) is 3. The van der Waals surface area contributed by atoms with Gasteiger partial charge in [-0.3, -0.25) is 9.69 Å². The molecule has 6 rings (SSSR count). The molecule has 0 aromatic heterocycles. The minimum atomic E-state index is -0.440. The fourth-order valence-corrected chi connectivity index (χ4v) is 6.11. The molecule has 0 saturated carbocycles. The second kappa shape index (κ2) is 14.8. The fourth-order valence-electron chi connectivity index (χ4n) is 6.11. The summed E-state index contributed by atoms with van der Waals surface area (Å²) in [4.78, 5) is 30.5. The molecule has 2 aliphatic heterocycles. The third-order valence-electron chi connectivity index (χ3n) is 8.81. The fraction of sp³-hybridized carbons (Fsp3) is 0.316. The summed E-state index contributed by atoms with van der Waals surface area (Å²) in [6, 6.07) is 28.7. The molecule has 0 spiro atoms. The number of amides is 3. The summed E-state index contributed by atoms with van der Waals surface area (Å²) < 4.78 is 17.4. The number of aliphatic hydroxyl groups excluding tert-OH is 1. The molecule has 48 heavy (non-hydrogen) atoms. The van der Waals surface area contributed by atoms with E-state index in [9.17, 15) is 14.7 Å². The van der Waals surface area contributed by atoms with E-state index in [-0.39, 0.29) is 43.8 Å². The Morgan fingerprint density at radius 3 is 2.31 bits per heavy atom. The summed E-state index contributed by atoms with van der Waals surface area (Å²) in [6.07, 6.45) is -0.174. The number of nitrogens with zero attached hydrogens (tertiary/aromatic N) is 2. The number of fused-ring (bicyclic) bond motifs is 2. The normalized spacial score (nSPS) is 17.9. The van der Waals surface area contributed by atoms with Crippen LogP contribution in [0.5, 0.6) is 17.2 Å². The number of likely N-dealkylation sites (N-methyl/N-ethyl adjacent to an activating group) is 1. The average Bonchev–Trinajstić information content (AvgIpc) is 3.57. The standard InChI is InChI=1S/C38H42N4O6/c1-25-20-42(26(2)23-43)37(44)18-30-17-31(39-38(45)40-32-14-16-34-35(19-32)47-24-46-34)13-15-33(30)48-36(25)22-41(3)21-27-9-11-29(12-10-27)28-7-5-4-6-8-28/h4-17,19,25-26,36,43H,18,20-24H2,1-3H3,(H2,39,40,45)/t25-,26-,36-/m0/s1. The number of nitrogens with one attached hydrogen (secondary N) is 2. The Morgan fingerprint density at radius 2 is 1.58 bits per heavy atom. The van der Waals surface area contributed by atoms with Crippen molar-refractivity contribution in [2.24, 2.45) is 5.92 Å². The van der Waals surface area contributed by atoms with Crippen LogP contribution in [-0.4, -0.2) is 72.5 Å². The molecule has 0 saturated heterocycles. The first-order valence-electron chi connectivity index (χ1n) is 16.3. The average molecular weight is 651 g/mol. The van der Waals surface area contributed by atoms with Gasteiger partial charge in [-0.1, -0.05) is 61.5 Å². The Balaban J connectivity index is 1.17. The van der Waals surface area contributed by atoms with Crippen molar-refractivity contribution in [1.29, 1.82) is 0 Å². The van der Waals surface area contributed by atoms with E-state index in [1.165, 1.54) is 16.7 Å². The van der Waals surface area contributed by atoms with E-state index in [0.717, 1.165) is 6.54 Å². The molecule has 3 N–H and O–H groups in total. The van der Waals surface area contributed by atoms with Crippen LogP contribution in [0.1, 0.15) is 25.0 Å². The number of anilines is 2. The number of ether oxygens (including phenoxy) is 3.